The Bertz CT molecular complexity index is 811. The predicted octanol–water partition coefficient (Wildman–Crippen LogP) is 3.41. The molecular formula is C21H25N3O2. The van der Waals surface area contributed by atoms with Crippen LogP contribution in [0.15, 0.2) is 60.8 Å². The van der Waals surface area contributed by atoms with E-state index in [1.54, 1.807) is 0 Å². The molecule has 0 spiro atoms. The van der Waals surface area contributed by atoms with Crippen LogP contribution in [0.25, 0.3) is 16.9 Å². The number of rotatable bonds is 8. The van der Waals surface area contributed by atoms with Crippen LogP contribution >= 0.6 is 0 Å². The molecule has 2 N–H and O–H groups in total. The predicted molar refractivity (Wildman–Crippen MR) is 104 cm³/mol. The third kappa shape index (κ3) is 4.50. The third-order valence-electron chi connectivity index (χ3n) is 3.91. The van der Waals surface area contributed by atoms with E-state index < -0.39 is 0 Å². The Morgan fingerprint density at radius 1 is 1.08 bits per heavy atom. The summed E-state index contributed by atoms with van der Waals surface area (Å²) in [4.78, 5) is 0. The van der Waals surface area contributed by atoms with E-state index in [4.69, 9.17) is 14.9 Å². The van der Waals surface area contributed by atoms with E-state index in [1.165, 1.54) is 0 Å². The van der Waals surface area contributed by atoms with Crippen molar-refractivity contribution in [3.63, 3.8) is 0 Å². The number of aromatic nitrogens is 2. The second-order valence-corrected chi connectivity index (χ2v) is 6.37. The van der Waals surface area contributed by atoms with E-state index in [1.807, 2.05) is 79.3 Å². The van der Waals surface area contributed by atoms with Crippen LogP contribution in [0.4, 0.5) is 0 Å². The standard InChI is InChI=1S/C21H25N3O2/c1-16(2)26-20-10-8-17(9-11-20)21-18(14-22-12-13-25)15-24(23-21)19-6-4-3-5-7-19/h3-11,15-16,22,25H,12-14H2,1-2H3. The maximum Gasteiger partial charge on any atom is 0.119 e. The van der Waals surface area contributed by atoms with Gasteiger partial charge in [-0.2, -0.15) is 5.10 Å². The Hall–Kier alpha value is -2.63. The molecule has 1 heterocycles. The zero-order chi connectivity index (χ0) is 18.4. The minimum Gasteiger partial charge on any atom is -0.491 e. The van der Waals surface area contributed by atoms with E-state index in [0.29, 0.717) is 13.1 Å². The fourth-order valence-electron chi connectivity index (χ4n) is 2.76. The molecule has 0 unspecified atom stereocenters. The molecule has 3 aromatic rings. The largest absolute Gasteiger partial charge is 0.491 e. The molecule has 0 fully saturated rings. The van der Waals surface area contributed by atoms with Gasteiger partial charge in [-0.1, -0.05) is 18.2 Å². The van der Waals surface area contributed by atoms with Gasteiger partial charge in [0, 0.05) is 30.4 Å². The summed E-state index contributed by atoms with van der Waals surface area (Å²) in [5.74, 6) is 0.853. The van der Waals surface area contributed by atoms with Crippen molar-refractivity contribution in [2.24, 2.45) is 0 Å². The second kappa shape index (κ2) is 8.65. The summed E-state index contributed by atoms with van der Waals surface area (Å²) < 4.78 is 7.62. The Morgan fingerprint density at radius 2 is 1.81 bits per heavy atom. The third-order valence-corrected chi connectivity index (χ3v) is 3.91. The highest BCUT2D eigenvalue weighted by molar-refractivity contribution is 5.64. The van der Waals surface area contributed by atoms with Crippen LogP contribution in [0.5, 0.6) is 5.75 Å². The lowest BCUT2D eigenvalue weighted by molar-refractivity contribution is 0.242. The van der Waals surface area contributed by atoms with Crippen LogP contribution < -0.4 is 10.1 Å². The van der Waals surface area contributed by atoms with Gasteiger partial charge in [0.05, 0.1) is 24.1 Å². The van der Waals surface area contributed by atoms with Crippen molar-refractivity contribution in [1.29, 1.82) is 0 Å². The number of para-hydroxylation sites is 1. The first-order valence-corrected chi connectivity index (χ1v) is 8.90. The van der Waals surface area contributed by atoms with Gasteiger partial charge < -0.3 is 15.2 Å². The topological polar surface area (TPSA) is 59.3 Å². The smallest absolute Gasteiger partial charge is 0.119 e. The van der Waals surface area contributed by atoms with Crippen LogP contribution in [0, 0.1) is 0 Å². The van der Waals surface area contributed by atoms with Crippen LogP contribution in [-0.2, 0) is 6.54 Å². The number of aliphatic hydroxyl groups excluding tert-OH is 1. The van der Waals surface area contributed by atoms with Gasteiger partial charge in [0.1, 0.15) is 5.75 Å². The van der Waals surface area contributed by atoms with Gasteiger partial charge in [0.25, 0.3) is 0 Å². The molecule has 26 heavy (non-hydrogen) atoms. The SMILES string of the molecule is CC(C)Oc1ccc(-c2nn(-c3ccccc3)cc2CNCCO)cc1. The molecule has 1 aromatic heterocycles. The van der Waals surface area contributed by atoms with Crippen molar-refractivity contribution >= 4 is 0 Å². The molecule has 3 rings (SSSR count). The van der Waals surface area contributed by atoms with Crippen molar-refractivity contribution in [2.45, 2.75) is 26.5 Å². The lowest BCUT2D eigenvalue weighted by Crippen LogP contribution is -2.17. The van der Waals surface area contributed by atoms with E-state index >= 15 is 0 Å². The quantitative estimate of drug-likeness (QED) is 0.611. The van der Waals surface area contributed by atoms with E-state index in [-0.39, 0.29) is 12.7 Å². The summed E-state index contributed by atoms with van der Waals surface area (Å²) in [5, 5.41) is 17.0. The molecule has 5 heteroatoms. The average molecular weight is 351 g/mol. The lowest BCUT2D eigenvalue weighted by Gasteiger charge is -2.10. The zero-order valence-corrected chi connectivity index (χ0v) is 15.2. The molecule has 0 bridgehead atoms. The molecule has 0 atom stereocenters. The van der Waals surface area contributed by atoms with Crippen LogP contribution in [0.1, 0.15) is 19.4 Å². The first-order valence-electron chi connectivity index (χ1n) is 8.90. The summed E-state index contributed by atoms with van der Waals surface area (Å²) in [5.41, 5.74) is 4.06. The van der Waals surface area contributed by atoms with Crippen molar-refractivity contribution in [3.8, 4) is 22.7 Å². The molecule has 5 nitrogen and oxygen atoms in total. The van der Waals surface area contributed by atoms with Gasteiger partial charge in [-0.3, -0.25) is 0 Å². The number of hydrogen-bond donors (Lipinski definition) is 2. The fraction of sp³-hybridized carbons (Fsp3) is 0.286. The molecule has 136 valence electrons. The molecule has 2 aromatic carbocycles. The maximum absolute atomic E-state index is 9.02. The summed E-state index contributed by atoms with van der Waals surface area (Å²) in [6, 6.07) is 18.1. The number of nitrogens with zero attached hydrogens (tertiary/aromatic N) is 2. The molecular weight excluding hydrogens is 326 g/mol. The molecule has 0 aliphatic rings. The van der Waals surface area contributed by atoms with E-state index in [9.17, 15) is 0 Å². The van der Waals surface area contributed by atoms with E-state index in [0.717, 1.165) is 28.3 Å². The number of aliphatic hydroxyl groups is 1. The number of hydrogen-bond acceptors (Lipinski definition) is 4. The highest BCUT2D eigenvalue weighted by atomic mass is 16.5. The second-order valence-electron chi connectivity index (χ2n) is 6.37. The van der Waals surface area contributed by atoms with Gasteiger partial charge in [0.2, 0.25) is 0 Å². The normalized spacial score (nSPS) is 11.1. The summed E-state index contributed by atoms with van der Waals surface area (Å²) >= 11 is 0. The van der Waals surface area contributed by atoms with Crippen LogP contribution in [0.2, 0.25) is 0 Å². The van der Waals surface area contributed by atoms with E-state index in [2.05, 4.69) is 5.32 Å². The fourth-order valence-corrected chi connectivity index (χ4v) is 2.76. The van der Waals surface area contributed by atoms with Gasteiger partial charge in [-0.05, 0) is 50.2 Å². The molecule has 0 saturated carbocycles. The van der Waals surface area contributed by atoms with Crippen molar-refractivity contribution in [3.05, 3.63) is 66.4 Å². The number of ether oxygens (including phenoxy) is 1. The first kappa shape index (κ1) is 18.2. The number of benzene rings is 2. The van der Waals surface area contributed by atoms with Gasteiger partial charge in [-0.25, -0.2) is 4.68 Å². The summed E-state index contributed by atoms with van der Waals surface area (Å²) in [7, 11) is 0. The molecule has 0 aliphatic heterocycles. The van der Waals surface area contributed by atoms with Crippen molar-refractivity contribution in [2.75, 3.05) is 13.2 Å². The van der Waals surface area contributed by atoms with Crippen molar-refractivity contribution < 1.29 is 9.84 Å². The molecule has 0 aliphatic carbocycles. The van der Waals surface area contributed by atoms with Gasteiger partial charge >= 0.3 is 0 Å². The zero-order valence-electron chi connectivity index (χ0n) is 15.2. The monoisotopic (exact) mass is 351 g/mol. The minimum absolute atomic E-state index is 0.114. The summed E-state index contributed by atoms with van der Waals surface area (Å²) in [6.45, 7) is 5.34. The first-order chi connectivity index (χ1) is 12.7. The molecule has 0 saturated heterocycles. The molecule has 0 radical (unpaired) electrons. The Balaban J connectivity index is 1.91. The highest BCUT2D eigenvalue weighted by Crippen LogP contribution is 2.26. The lowest BCUT2D eigenvalue weighted by atomic mass is 10.1. The Morgan fingerprint density at radius 3 is 2.46 bits per heavy atom. The van der Waals surface area contributed by atoms with Crippen LogP contribution in [-0.4, -0.2) is 34.1 Å². The van der Waals surface area contributed by atoms with Gasteiger partial charge in [-0.15, -0.1) is 0 Å². The molecule has 0 amide bonds. The summed E-state index contributed by atoms with van der Waals surface area (Å²) in [6.07, 6.45) is 2.18. The van der Waals surface area contributed by atoms with Crippen molar-refractivity contribution in [1.82, 2.24) is 15.1 Å². The van der Waals surface area contributed by atoms with Gasteiger partial charge in [0.15, 0.2) is 0 Å². The minimum atomic E-state index is 0.114. The average Bonchev–Trinajstić information content (AvgIpc) is 3.07. The Labute approximate surface area is 154 Å². The van der Waals surface area contributed by atoms with Crippen LogP contribution in [0.3, 0.4) is 0 Å². The highest BCUT2D eigenvalue weighted by Gasteiger charge is 2.12. The maximum atomic E-state index is 9.02. The number of nitrogens with one attached hydrogen (secondary N) is 1. The Kier molecular flexibility index (Phi) is 6.04.